The number of rotatable bonds is 7. The molecule has 0 radical (unpaired) electrons. The normalized spacial score (nSPS) is 23.6. The predicted molar refractivity (Wildman–Crippen MR) is 75.4 cm³/mol. The van der Waals surface area contributed by atoms with E-state index in [9.17, 15) is 14.7 Å². The summed E-state index contributed by atoms with van der Waals surface area (Å²) in [4.78, 5) is 24.2. The molecule has 0 spiro atoms. The van der Waals surface area contributed by atoms with Crippen molar-refractivity contribution in [2.75, 3.05) is 19.7 Å². The number of urea groups is 1. The lowest BCUT2D eigenvalue weighted by atomic mass is 10.0. The third kappa shape index (κ3) is 5.00. The molecule has 1 fully saturated rings. The van der Waals surface area contributed by atoms with Crippen molar-refractivity contribution in [3.8, 4) is 0 Å². The first-order chi connectivity index (χ1) is 9.45. The van der Waals surface area contributed by atoms with Gasteiger partial charge in [-0.05, 0) is 31.1 Å². The summed E-state index contributed by atoms with van der Waals surface area (Å²) in [6.07, 6.45) is 2.50. The second-order valence-electron chi connectivity index (χ2n) is 5.77. The zero-order valence-electron chi connectivity index (χ0n) is 12.3. The van der Waals surface area contributed by atoms with Crippen LogP contribution in [0.1, 0.15) is 39.5 Å². The van der Waals surface area contributed by atoms with E-state index in [-0.39, 0.29) is 31.0 Å². The van der Waals surface area contributed by atoms with Crippen molar-refractivity contribution in [3.63, 3.8) is 0 Å². The third-order valence-corrected chi connectivity index (χ3v) is 4.09. The minimum absolute atomic E-state index is 0.00357. The number of aliphatic hydroxyl groups excluding tert-OH is 1. The van der Waals surface area contributed by atoms with Crippen LogP contribution in [0, 0.1) is 11.8 Å². The molecule has 1 heterocycles. The van der Waals surface area contributed by atoms with Gasteiger partial charge in [0.15, 0.2) is 0 Å². The van der Waals surface area contributed by atoms with E-state index < -0.39 is 5.97 Å². The van der Waals surface area contributed by atoms with Gasteiger partial charge in [-0.1, -0.05) is 13.8 Å². The Hall–Kier alpha value is -1.30. The van der Waals surface area contributed by atoms with Gasteiger partial charge in [-0.2, -0.15) is 0 Å². The number of carboxylic acid groups (broad SMARTS) is 1. The second kappa shape index (κ2) is 8.09. The highest BCUT2D eigenvalue weighted by molar-refractivity contribution is 5.74. The minimum Gasteiger partial charge on any atom is -0.481 e. The number of carboxylic acids is 1. The molecule has 1 aliphatic heterocycles. The SMILES string of the molecule is CC(CCNC(=O)N1CCC(C)C1CO)CCC(=O)O. The highest BCUT2D eigenvalue weighted by atomic mass is 16.4. The lowest BCUT2D eigenvalue weighted by Gasteiger charge is -2.25. The Balaban J connectivity index is 2.24. The summed E-state index contributed by atoms with van der Waals surface area (Å²) in [6.45, 7) is 5.27. The molecule has 1 aliphatic rings. The first-order valence-corrected chi connectivity index (χ1v) is 7.32. The first-order valence-electron chi connectivity index (χ1n) is 7.32. The van der Waals surface area contributed by atoms with E-state index in [1.807, 2.05) is 13.8 Å². The van der Waals surface area contributed by atoms with Crippen molar-refractivity contribution in [2.45, 2.75) is 45.6 Å². The van der Waals surface area contributed by atoms with Crippen LogP contribution in [0.15, 0.2) is 0 Å². The number of nitrogens with one attached hydrogen (secondary N) is 1. The molecule has 0 aromatic heterocycles. The number of nitrogens with zero attached hydrogens (tertiary/aromatic N) is 1. The molecule has 3 atom stereocenters. The molecule has 6 nitrogen and oxygen atoms in total. The van der Waals surface area contributed by atoms with Gasteiger partial charge < -0.3 is 20.4 Å². The minimum atomic E-state index is -0.780. The van der Waals surface area contributed by atoms with Crippen LogP contribution in [0.3, 0.4) is 0 Å². The zero-order valence-corrected chi connectivity index (χ0v) is 12.3. The largest absolute Gasteiger partial charge is 0.481 e. The van der Waals surface area contributed by atoms with Crippen molar-refractivity contribution in [1.82, 2.24) is 10.2 Å². The molecule has 20 heavy (non-hydrogen) atoms. The Labute approximate surface area is 120 Å². The first kappa shape index (κ1) is 16.8. The standard InChI is InChI=1S/C14H26N2O4/c1-10(3-4-13(18)19)5-7-15-14(20)16-8-6-11(2)12(16)9-17/h10-12,17H,3-9H2,1-2H3,(H,15,20)(H,18,19). The van der Waals surface area contributed by atoms with Gasteiger partial charge in [-0.15, -0.1) is 0 Å². The van der Waals surface area contributed by atoms with Crippen LogP contribution in [0.5, 0.6) is 0 Å². The topological polar surface area (TPSA) is 89.9 Å². The van der Waals surface area contributed by atoms with Crippen molar-refractivity contribution in [2.24, 2.45) is 11.8 Å². The molecule has 116 valence electrons. The van der Waals surface area contributed by atoms with Crippen LogP contribution < -0.4 is 5.32 Å². The molecule has 0 aromatic rings. The third-order valence-electron chi connectivity index (χ3n) is 4.09. The molecule has 0 saturated carbocycles. The van der Waals surface area contributed by atoms with Gasteiger partial charge >= 0.3 is 12.0 Å². The summed E-state index contributed by atoms with van der Waals surface area (Å²) in [6, 6.07) is -0.210. The quantitative estimate of drug-likeness (QED) is 0.658. The number of carbonyl (C=O) groups excluding carboxylic acids is 1. The van der Waals surface area contributed by atoms with Gasteiger partial charge in [-0.25, -0.2) is 4.79 Å². The summed E-state index contributed by atoms with van der Waals surface area (Å²) in [5.41, 5.74) is 0. The molecule has 3 unspecified atom stereocenters. The lowest BCUT2D eigenvalue weighted by Crippen LogP contribution is -2.45. The van der Waals surface area contributed by atoms with Crippen LogP contribution >= 0.6 is 0 Å². The van der Waals surface area contributed by atoms with E-state index in [4.69, 9.17) is 5.11 Å². The van der Waals surface area contributed by atoms with Crippen LogP contribution in [0.4, 0.5) is 4.79 Å². The fourth-order valence-electron chi connectivity index (χ4n) is 2.58. The van der Waals surface area contributed by atoms with Crippen LogP contribution in [-0.2, 0) is 4.79 Å². The van der Waals surface area contributed by atoms with Crippen LogP contribution in [0.2, 0.25) is 0 Å². The Kier molecular flexibility index (Phi) is 6.78. The summed E-state index contributed by atoms with van der Waals surface area (Å²) >= 11 is 0. The van der Waals surface area contributed by atoms with E-state index >= 15 is 0 Å². The average Bonchev–Trinajstić information content (AvgIpc) is 2.77. The number of hydrogen-bond donors (Lipinski definition) is 3. The Morgan fingerprint density at radius 2 is 2.10 bits per heavy atom. The smallest absolute Gasteiger partial charge is 0.317 e. The number of carbonyl (C=O) groups is 2. The highest BCUT2D eigenvalue weighted by Crippen LogP contribution is 2.23. The van der Waals surface area contributed by atoms with Crippen molar-refractivity contribution in [1.29, 1.82) is 0 Å². The molecule has 1 rings (SSSR count). The van der Waals surface area contributed by atoms with Gasteiger partial charge in [0.05, 0.1) is 12.6 Å². The summed E-state index contributed by atoms with van der Waals surface area (Å²) in [7, 11) is 0. The predicted octanol–water partition coefficient (Wildman–Crippen LogP) is 1.29. The summed E-state index contributed by atoms with van der Waals surface area (Å²) in [5, 5.41) is 20.8. The summed E-state index contributed by atoms with van der Waals surface area (Å²) < 4.78 is 0. The maximum absolute atomic E-state index is 12.0. The lowest BCUT2D eigenvalue weighted by molar-refractivity contribution is -0.137. The number of aliphatic carboxylic acids is 1. The monoisotopic (exact) mass is 286 g/mol. The Bertz CT molecular complexity index is 335. The molecular weight excluding hydrogens is 260 g/mol. The van der Waals surface area contributed by atoms with Gasteiger partial charge in [-0.3, -0.25) is 4.79 Å². The molecule has 1 saturated heterocycles. The van der Waals surface area contributed by atoms with Gasteiger partial charge in [0.2, 0.25) is 0 Å². The fraction of sp³-hybridized carbons (Fsp3) is 0.857. The van der Waals surface area contributed by atoms with Crippen molar-refractivity contribution >= 4 is 12.0 Å². The zero-order chi connectivity index (χ0) is 15.1. The van der Waals surface area contributed by atoms with Gasteiger partial charge in [0.1, 0.15) is 0 Å². The van der Waals surface area contributed by atoms with E-state index in [0.29, 0.717) is 25.4 Å². The molecule has 6 heteroatoms. The molecule has 2 amide bonds. The molecule has 3 N–H and O–H groups in total. The number of likely N-dealkylation sites (tertiary alicyclic amines) is 1. The fourth-order valence-corrected chi connectivity index (χ4v) is 2.58. The van der Waals surface area contributed by atoms with Crippen molar-refractivity contribution < 1.29 is 19.8 Å². The van der Waals surface area contributed by atoms with E-state index in [1.54, 1.807) is 4.90 Å². The number of amides is 2. The molecule has 0 aromatic carbocycles. The average molecular weight is 286 g/mol. The molecule has 0 aliphatic carbocycles. The Morgan fingerprint density at radius 1 is 1.40 bits per heavy atom. The number of aliphatic hydroxyl groups is 1. The van der Waals surface area contributed by atoms with Crippen LogP contribution in [0.25, 0.3) is 0 Å². The van der Waals surface area contributed by atoms with Crippen molar-refractivity contribution in [3.05, 3.63) is 0 Å². The van der Waals surface area contributed by atoms with Gasteiger partial charge in [0, 0.05) is 19.5 Å². The summed E-state index contributed by atoms with van der Waals surface area (Å²) in [5.74, 6) is -0.171. The highest BCUT2D eigenvalue weighted by Gasteiger charge is 2.33. The van der Waals surface area contributed by atoms with E-state index in [2.05, 4.69) is 5.32 Å². The van der Waals surface area contributed by atoms with Gasteiger partial charge in [0.25, 0.3) is 0 Å². The molecular formula is C14H26N2O4. The Morgan fingerprint density at radius 3 is 2.70 bits per heavy atom. The number of hydrogen-bond acceptors (Lipinski definition) is 3. The maximum atomic E-state index is 12.0. The van der Waals surface area contributed by atoms with Crippen LogP contribution in [-0.4, -0.2) is 52.9 Å². The second-order valence-corrected chi connectivity index (χ2v) is 5.77. The van der Waals surface area contributed by atoms with E-state index in [0.717, 1.165) is 12.8 Å². The van der Waals surface area contributed by atoms with E-state index in [1.165, 1.54) is 0 Å². The molecule has 0 bridgehead atoms. The maximum Gasteiger partial charge on any atom is 0.317 e.